The van der Waals surface area contributed by atoms with E-state index in [9.17, 15) is 0 Å². The molecule has 13 heavy (non-hydrogen) atoms. The maximum Gasteiger partial charge on any atom is 0.159 e. The van der Waals surface area contributed by atoms with E-state index in [4.69, 9.17) is 9.47 Å². The molecule has 0 amide bonds. The van der Waals surface area contributed by atoms with Gasteiger partial charge in [-0.15, -0.1) is 0 Å². The zero-order valence-electron chi connectivity index (χ0n) is 8.51. The second-order valence-corrected chi connectivity index (χ2v) is 4.43. The summed E-state index contributed by atoms with van der Waals surface area (Å²) in [5, 5.41) is 3.43. The summed E-state index contributed by atoms with van der Waals surface area (Å²) < 4.78 is 10.5. The summed E-state index contributed by atoms with van der Waals surface area (Å²) in [6.07, 6.45) is 3.90. The van der Waals surface area contributed by atoms with Gasteiger partial charge in [0, 0.05) is 26.7 Å². The van der Waals surface area contributed by atoms with Gasteiger partial charge in [-0.2, -0.15) is 0 Å². The summed E-state index contributed by atoms with van der Waals surface area (Å²) in [6.45, 7) is 2.39. The SMILES string of the molecule is COC(OC)C1CC2(CCNC2)C1. The molecule has 1 heterocycles. The molecule has 3 heteroatoms. The first-order valence-corrected chi connectivity index (χ1v) is 5.06. The average molecular weight is 185 g/mol. The minimum atomic E-state index is 0.0197. The Balaban J connectivity index is 1.82. The Labute approximate surface area is 79.8 Å². The highest BCUT2D eigenvalue weighted by Gasteiger charge is 2.48. The van der Waals surface area contributed by atoms with E-state index in [1.165, 1.54) is 32.4 Å². The van der Waals surface area contributed by atoms with E-state index in [-0.39, 0.29) is 6.29 Å². The lowest BCUT2D eigenvalue weighted by Gasteiger charge is -2.47. The monoisotopic (exact) mass is 185 g/mol. The van der Waals surface area contributed by atoms with Gasteiger partial charge in [-0.1, -0.05) is 0 Å². The lowest BCUT2D eigenvalue weighted by Crippen LogP contribution is -2.45. The third-order valence-electron chi connectivity index (χ3n) is 3.57. The number of ether oxygens (including phenoxy) is 2. The van der Waals surface area contributed by atoms with E-state index in [1.807, 2.05) is 0 Å². The number of rotatable bonds is 3. The summed E-state index contributed by atoms with van der Waals surface area (Å²) in [5.41, 5.74) is 0.597. The first kappa shape index (κ1) is 9.44. The Bertz CT molecular complexity index is 166. The Morgan fingerprint density at radius 3 is 2.46 bits per heavy atom. The molecule has 0 aromatic rings. The molecule has 0 atom stereocenters. The zero-order chi connectivity index (χ0) is 9.31. The Morgan fingerprint density at radius 1 is 1.31 bits per heavy atom. The molecule has 1 saturated heterocycles. The lowest BCUT2D eigenvalue weighted by molar-refractivity contribution is -0.178. The van der Waals surface area contributed by atoms with Crippen LogP contribution < -0.4 is 5.32 Å². The van der Waals surface area contributed by atoms with Gasteiger partial charge in [0.05, 0.1) is 0 Å². The topological polar surface area (TPSA) is 30.5 Å². The summed E-state index contributed by atoms with van der Waals surface area (Å²) in [5.74, 6) is 0.620. The van der Waals surface area contributed by atoms with Crippen molar-refractivity contribution < 1.29 is 9.47 Å². The molecule has 1 aliphatic carbocycles. The van der Waals surface area contributed by atoms with Crippen LogP contribution in [0.15, 0.2) is 0 Å². The van der Waals surface area contributed by atoms with Crippen molar-refractivity contribution in [1.29, 1.82) is 0 Å². The second kappa shape index (κ2) is 3.56. The van der Waals surface area contributed by atoms with Crippen LogP contribution in [0.3, 0.4) is 0 Å². The molecule has 1 saturated carbocycles. The predicted molar refractivity (Wildman–Crippen MR) is 50.4 cm³/mol. The molecule has 76 valence electrons. The Kier molecular flexibility index (Phi) is 2.58. The zero-order valence-corrected chi connectivity index (χ0v) is 8.51. The fourth-order valence-corrected chi connectivity index (χ4v) is 2.87. The first-order valence-electron chi connectivity index (χ1n) is 5.06. The van der Waals surface area contributed by atoms with Gasteiger partial charge in [0.2, 0.25) is 0 Å². The normalized spacial score (nSPS) is 38.5. The lowest BCUT2D eigenvalue weighted by atomic mass is 9.61. The highest BCUT2D eigenvalue weighted by Crippen LogP contribution is 2.51. The molecule has 2 aliphatic rings. The fourth-order valence-electron chi connectivity index (χ4n) is 2.87. The predicted octanol–water partition coefficient (Wildman–Crippen LogP) is 0.995. The highest BCUT2D eigenvalue weighted by molar-refractivity contribution is 4.99. The van der Waals surface area contributed by atoms with Crippen LogP contribution in [-0.4, -0.2) is 33.6 Å². The largest absolute Gasteiger partial charge is 0.356 e. The van der Waals surface area contributed by atoms with Gasteiger partial charge in [0.25, 0.3) is 0 Å². The summed E-state index contributed by atoms with van der Waals surface area (Å²) >= 11 is 0. The highest BCUT2D eigenvalue weighted by atomic mass is 16.7. The molecule has 1 spiro atoms. The molecular formula is C10H19NO2. The molecular weight excluding hydrogens is 166 g/mol. The number of nitrogens with one attached hydrogen (secondary N) is 1. The van der Waals surface area contributed by atoms with E-state index in [0.717, 1.165) is 0 Å². The van der Waals surface area contributed by atoms with Crippen molar-refractivity contribution in [1.82, 2.24) is 5.32 Å². The first-order chi connectivity index (χ1) is 6.29. The molecule has 0 aromatic heterocycles. The van der Waals surface area contributed by atoms with Crippen LogP contribution in [0.1, 0.15) is 19.3 Å². The maximum absolute atomic E-state index is 5.26. The molecule has 2 rings (SSSR count). The minimum absolute atomic E-state index is 0.0197. The number of hydrogen-bond acceptors (Lipinski definition) is 3. The van der Waals surface area contributed by atoms with Crippen LogP contribution in [0.25, 0.3) is 0 Å². The van der Waals surface area contributed by atoms with E-state index in [2.05, 4.69) is 5.32 Å². The van der Waals surface area contributed by atoms with E-state index in [0.29, 0.717) is 11.3 Å². The summed E-state index contributed by atoms with van der Waals surface area (Å²) in [7, 11) is 3.46. The van der Waals surface area contributed by atoms with Crippen molar-refractivity contribution in [2.45, 2.75) is 25.6 Å². The standard InChI is InChI=1S/C10H19NO2/c1-12-9(13-2)8-5-10(6-8)3-4-11-7-10/h8-9,11H,3-7H2,1-2H3. The van der Waals surface area contributed by atoms with E-state index in [1.54, 1.807) is 14.2 Å². The van der Waals surface area contributed by atoms with E-state index < -0.39 is 0 Å². The Hall–Kier alpha value is -0.120. The van der Waals surface area contributed by atoms with Gasteiger partial charge in [-0.25, -0.2) is 0 Å². The van der Waals surface area contributed by atoms with Gasteiger partial charge in [0.1, 0.15) is 0 Å². The number of hydrogen-bond donors (Lipinski definition) is 1. The van der Waals surface area contributed by atoms with Crippen LogP contribution in [-0.2, 0) is 9.47 Å². The summed E-state index contributed by atoms with van der Waals surface area (Å²) in [4.78, 5) is 0. The van der Waals surface area contributed by atoms with Crippen LogP contribution in [0, 0.1) is 11.3 Å². The van der Waals surface area contributed by atoms with Crippen molar-refractivity contribution in [2.24, 2.45) is 11.3 Å². The fraction of sp³-hybridized carbons (Fsp3) is 1.00. The Morgan fingerprint density at radius 2 is 2.00 bits per heavy atom. The average Bonchev–Trinajstić information content (AvgIpc) is 2.54. The van der Waals surface area contributed by atoms with Crippen LogP contribution in [0.5, 0.6) is 0 Å². The molecule has 1 aliphatic heterocycles. The van der Waals surface area contributed by atoms with Crippen molar-refractivity contribution in [2.75, 3.05) is 27.3 Å². The van der Waals surface area contributed by atoms with E-state index >= 15 is 0 Å². The van der Waals surface area contributed by atoms with Crippen LogP contribution in [0.2, 0.25) is 0 Å². The van der Waals surface area contributed by atoms with Crippen molar-refractivity contribution in [3.8, 4) is 0 Å². The van der Waals surface area contributed by atoms with Gasteiger partial charge < -0.3 is 14.8 Å². The van der Waals surface area contributed by atoms with Gasteiger partial charge in [-0.3, -0.25) is 0 Å². The molecule has 0 bridgehead atoms. The van der Waals surface area contributed by atoms with Gasteiger partial charge in [0.15, 0.2) is 6.29 Å². The molecule has 0 aromatic carbocycles. The van der Waals surface area contributed by atoms with Crippen molar-refractivity contribution in [3.05, 3.63) is 0 Å². The third kappa shape index (κ3) is 1.60. The van der Waals surface area contributed by atoms with Crippen molar-refractivity contribution >= 4 is 0 Å². The molecule has 3 nitrogen and oxygen atoms in total. The van der Waals surface area contributed by atoms with Crippen molar-refractivity contribution in [3.63, 3.8) is 0 Å². The van der Waals surface area contributed by atoms with Gasteiger partial charge >= 0.3 is 0 Å². The number of methoxy groups -OCH3 is 2. The third-order valence-corrected chi connectivity index (χ3v) is 3.57. The second-order valence-electron chi connectivity index (χ2n) is 4.43. The van der Waals surface area contributed by atoms with Crippen LogP contribution >= 0.6 is 0 Å². The molecule has 0 unspecified atom stereocenters. The smallest absolute Gasteiger partial charge is 0.159 e. The van der Waals surface area contributed by atoms with Crippen LogP contribution in [0.4, 0.5) is 0 Å². The molecule has 1 N–H and O–H groups in total. The maximum atomic E-state index is 5.26. The molecule has 0 radical (unpaired) electrons. The summed E-state index contributed by atoms with van der Waals surface area (Å²) in [6, 6.07) is 0. The molecule has 2 fully saturated rings. The van der Waals surface area contributed by atoms with Gasteiger partial charge in [-0.05, 0) is 31.2 Å². The quantitative estimate of drug-likeness (QED) is 0.665. The minimum Gasteiger partial charge on any atom is -0.356 e.